The van der Waals surface area contributed by atoms with Crippen molar-refractivity contribution in [1.82, 2.24) is 15.3 Å². The minimum atomic E-state index is -0.529. The fraction of sp³-hybridized carbons (Fsp3) is 0.579. The predicted molar refractivity (Wildman–Crippen MR) is 93.8 cm³/mol. The lowest BCUT2D eigenvalue weighted by atomic mass is 10.0. The lowest BCUT2D eigenvalue weighted by molar-refractivity contribution is -0.138. The van der Waals surface area contributed by atoms with Gasteiger partial charge in [0.15, 0.2) is 0 Å². The smallest absolute Gasteiger partial charge is 0.265 e. The van der Waals surface area contributed by atoms with Gasteiger partial charge in [-0.2, -0.15) is 0 Å². The van der Waals surface area contributed by atoms with Crippen molar-refractivity contribution < 1.29 is 14.8 Å². The first-order valence-corrected chi connectivity index (χ1v) is 9.19. The average Bonchev–Trinajstić information content (AvgIpc) is 3.16. The molecule has 6 heteroatoms. The Morgan fingerprint density at radius 3 is 2.32 bits per heavy atom. The molecule has 1 aromatic rings. The normalized spacial score (nSPS) is 20.4. The van der Waals surface area contributed by atoms with Crippen molar-refractivity contribution in [2.24, 2.45) is 5.92 Å². The molecule has 1 saturated carbocycles. The van der Waals surface area contributed by atoms with Crippen LogP contribution < -0.4 is 5.48 Å². The molecular formula is C19H27N3O3. The van der Waals surface area contributed by atoms with Crippen molar-refractivity contribution in [3.8, 4) is 0 Å². The molecule has 0 spiro atoms. The van der Waals surface area contributed by atoms with Crippen molar-refractivity contribution in [2.75, 3.05) is 26.2 Å². The Balaban J connectivity index is 1.59. The molecule has 1 aliphatic carbocycles. The largest absolute Gasteiger partial charge is 0.340 e. The second-order valence-electron chi connectivity index (χ2n) is 7.06. The zero-order valence-electron chi connectivity index (χ0n) is 14.6. The number of carbonyl (C=O) groups excluding carboxylic acids is 2. The molecule has 0 radical (unpaired) electrons. The number of benzene rings is 1. The number of rotatable bonds is 5. The summed E-state index contributed by atoms with van der Waals surface area (Å²) >= 11 is 0. The second-order valence-corrected chi connectivity index (χ2v) is 7.06. The van der Waals surface area contributed by atoms with Gasteiger partial charge in [-0.05, 0) is 24.3 Å². The van der Waals surface area contributed by atoms with E-state index in [1.165, 1.54) is 25.7 Å². The van der Waals surface area contributed by atoms with E-state index in [2.05, 4.69) is 0 Å². The zero-order chi connectivity index (χ0) is 17.6. The average molecular weight is 345 g/mol. The maximum absolute atomic E-state index is 12.5. The quantitative estimate of drug-likeness (QED) is 0.632. The third kappa shape index (κ3) is 4.38. The van der Waals surface area contributed by atoms with Crippen LogP contribution in [0.3, 0.4) is 0 Å². The number of nitrogens with zero attached hydrogens (tertiary/aromatic N) is 2. The van der Waals surface area contributed by atoms with Gasteiger partial charge in [0.25, 0.3) is 5.91 Å². The van der Waals surface area contributed by atoms with Crippen LogP contribution in [0.2, 0.25) is 0 Å². The summed E-state index contributed by atoms with van der Waals surface area (Å²) in [6.07, 6.45) is 5.53. The van der Waals surface area contributed by atoms with Gasteiger partial charge in [-0.15, -0.1) is 0 Å². The van der Waals surface area contributed by atoms with Gasteiger partial charge in [0.05, 0.1) is 0 Å². The fourth-order valence-electron chi connectivity index (χ4n) is 4.04. The molecule has 0 aromatic heterocycles. The van der Waals surface area contributed by atoms with E-state index >= 15 is 0 Å². The number of hydrogen-bond acceptors (Lipinski definition) is 4. The van der Waals surface area contributed by atoms with Gasteiger partial charge in [0.1, 0.15) is 6.04 Å². The van der Waals surface area contributed by atoms with Gasteiger partial charge < -0.3 is 4.90 Å². The van der Waals surface area contributed by atoms with Crippen molar-refractivity contribution in [1.29, 1.82) is 0 Å². The van der Waals surface area contributed by atoms with Gasteiger partial charge in [0, 0.05) is 32.6 Å². The predicted octanol–water partition coefficient (Wildman–Crippen LogP) is 1.96. The molecule has 1 atom stereocenters. The first-order valence-electron chi connectivity index (χ1n) is 9.19. The van der Waals surface area contributed by atoms with Crippen LogP contribution in [-0.4, -0.2) is 53.0 Å². The molecule has 1 aliphatic heterocycles. The van der Waals surface area contributed by atoms with E-state index in [1.807, 2.05) is 40.1 Å². The zero-order valence-corrected chi connectivity index (χ0v) is 14.6. The Bertz CT molecular complexity index is 579. The summed E-state index contributed by atoms with van der Waals surface area (Å²) < 4.78 is 0. The SMILES string of the molecule is O=C(NO)C(c1ccccc1)N1CCN(C(=O)CC2CCCC2)CC1. The number of piperazine rings is 1. The number of hydroxylamine groups is 1. The van der Waals surface area contributed by atoms with Gasteiger partial charge >= 0.3 is 0 Å². The lowest BCUT2D eigenvalue weighted by Crippen LogP contribution is -2.52. The topological polar surface area (TPSA) is 72.9 Å². The molecule has 1 unspecified atom stereocenters. The van der Waals surface area contributed by atoms with Crippen LogP contribution in [0.15, 0.2) is 30.3 Å². The second kappa shape index (κ2) is 8.45. The highest BCUT2D eigenvalue weighted by Crippen LogP contribution is 2.28. The van der Waals surface area contributed by atoms with E-state index in [9.17, 15) is 9.59 Å². The molecule has 2 amide bonds. The summed E-state index contributed by atoms with van der Waals surface area (Å²) in [7, 11) is 0. The van der Waals surface area contributed by atoms with Crippen molar-refractivity contribution >= 4 is 11.8 Å². The van der Waals surface area contributed by atoms with Gasteiger partial charge in [-0.3, -0.25) is 19.7 Å². The molecule has 25 heavy (non-hydrogen) atoms. The van der Waals surface area contributed by atoms with Crippen LogP contribution in [0.5, 0.6) is 0 Å². The third-order valence-corrected chi connectivity index (χ3v) is 5.44. The Hall–Kier alpha value is -1.92. The number of amides is 2. The Morgan fingerprint density at radius 1 is 1.08 bits per heavy atom. The molecule has 2 fully saturated rings. The molecule has 2 aliphatic rings. The maximum atomic E-state index is 12.5. The molecule has 3 rings (SSSR count). The molecule has 1 heterocycles. The molecule has 6 nitrogen and oxygen atoms in total. The van der Waals surface area contributed by atoms with Crippen LogP contribution in [0.25, 0.3) is 0 Å². The summed E-state index contributed by atoms with van der Waals surface area (Å²) in [6.45, 7) is 2.52. The monoisotopic (exact) mass is 345 g/mol. The number of hydrogen-bond donors (Lipinski definition) is 2. The number of nitrogens with one attached hydrogen (secondary N) is 1. The Morgan fingerprint density at radius 2 is 1.72 bits per heavy atom. The van der Waals surface area contributed by atoms with Gasteiger partial charge in [0.2, 0.25) is 5.91 Å². The van der Waals surface area contributed by atoms with E-state index < -0.39 is 11.9 Å². The highest BCUT2D eigenvalue weighted by molar-refractivity contribution is 5.82. The van der Waals surface area contributed by atoms with Crippen LogP contribution in [0.1, 0.15) is 43.7 Å². The third-order valence-electron chi connectivity index (χ3n) is 5.44. The lowest BCUT2D eigenvalue weighted by Gasteiger charge is -2.38. The van der Waals surface area contributed by atoms with Crippen molar-refractivity contribution in [3.63, 3.8) is 0 Å². The minimum Gasteiger partial charge on any atom is -0.340 e. The molecule has 1 aromatic carbocycles. The van der Waals surface area contributed by atoms with E-state index in [-0.39, 0.29) is 5.91 Å². The molecule has 136 valence electrons. The van der Waals surface area contributed by atoms with E-state index in [4.69, 9.17) is 5.21 Å². The highest BCUT2D eigenvalue weighted by atomic mass is 16.5. The first-order chi connectivity index (χ1) is 12.2. The summed E-state index contributed by atoms with van der Waals surface area (Å²) in [5, 5.41) is 9.11. The fourth-order valence-corrected chi connectivity index (χ4v) is 4.04. The molecular weight excluding hydrogens is 318 g/mol. The molecule has 1 saturated heterocycles. The van der Waals surface area contributed by atoms with Crippen LogP contribution in [-0.2, 0) is 9.59 Å². The standard InChI is InChI=1S/C19H27N3O3/c23-17(14-15-6-4-5-7-15)21-10-12-22(13-11-21)18(19(24)20-25)16-8-2-1-3-9-16/h1-3,8-9,15,18,25H,4-7,10-14H2,(H,20,24). The van der Waals surface area contributed by atoms with Crippen LogP contribution in [0.4, 0.5) is 0 Å². The number of carbonyl (C=O) groups is 2. The van der Waals surface area contributed by atoms with Crippen LogP contribution in [0, 0.1) is 5.92 Å². The highest BCUT2D eigenvalue weighted by Gasteiger charge is 2.32. The summed E-state index contributed by atoms with van der Waals surface area (Å²) in [4.78, 5) is 28.6. The van der Waals surface area contributed by atoms with E-state index in [0.717, 1.165) is 5.56 Å². The van der Waals surface area contributed by atoms with Crippen LogP contribution >= 0.6 is 0 Å². The summed E-state index contributed by atoms with van der Waals surface area (Å²) in [5.41, 5.74) is 2.63. The summed E-state index contributed by atoms with van der Waals surface area (Å²) in [5.74, 6) is 0.370. The van der Waals surface area contributed by atoms with E-state index in [0.29, 0.717) is 38.5 Å². The maximum Gasteiger partial charge on any atom is 0.265 e. The molecule has 2 N–H and O–H groups in total. The molecule has 0 bridgehead atoms. The first kappa shape index (κ1) is 17.9. The minimum absolute atomic E-state index is 0.245. The van der Waals surface area contributed by atoms with Crippen molar-refractivity contribution in [3.05, 3.63) is 35.9 Å². The van der Waals surface area contributed by atoms with Gasteiger partial charge in [-0.25, -0.2) is 5.48 Å². The van der Waals surface area contributed by atoms with Gasteiger partial charge in [-0.1, -0.05) is 43.2 Å². The summed E-state index contributed by atoms with van der Waals surface area (Å²) in [6, 6.07) is 8.91. The Labute approximate surface area is 148 Å². The van der Waals surface area contributed by atoms with E-state index in [1.54, 1.807) is 5.48 Å². The Kier molecular flexibility index (Phi) is 6.04. The van der Waals surface area contributed by atoms with Crippen molar-refractivity contribution in [2.45, 2.75) is 38.1 Å².